The molecule has 0 aliphatic heterocycles. The van der Waals surface area contributed by atoms with E-state index in [2.05, 4.69) is 49.0 Å². The number of hydrogen-bond donors (Lipinski definition) is 0. The number of fused-ring (bicyclic) bond motifs is 1. The lowest BCUT2D eigenvalue weighted by Gasteiger charge is -2.37. The van der Waals surface area contributed by atoms with Gasteiger partial charge in [-0.2, -0.15) is 5.10 Å². The van der Waals surface area contributed by atoms with Crippen LogP contribution in [0.3, 0.4) is 0 Å². The molecule has 0 saturated heterocycles. The third-order valence-corrected chi connectivity index (χ3v) is 9.27. The molecule has 1 aliphatic rings. The fourth-order valence-electron chi connectivity index (χ4n) is 4.64. The maximum absolute atomic E-state index is 12.4. The standard InChI is InChI=1S/C26H33N3O4SSi/c1-5-33-26(30)18-28-24-10-7-11-25(23(24)17-27-28)29(34(31)32)21-14-12-19(13-15-21)20-8-6-9-22(16-20)35(2,3)4/h6,8-9,12-17,25H,5,7,10-11,18H2,1-4H3,(H,31,32)/p-1. The lowest BCUT2D eigenvalue weighted by atomic mass is 9.92. The van der Waals surface area contributed by atoms with Gasteiger partial charge in [0.1, 0.15) is 6.54 Å². The first kappa shape index (κ1) is 25.3. The van der Waals surface area contributed by atoms with E-state index in [-0.39, 0.29) is 18.6 Å². The van der Waals surface area contributed by atoms with E-state index in [4.69, 9.17) is 4.74 Å². The van der Waals surface area contributed by atoms with Crippen LogP contribution >= 0.6 is 0 Å². The second-order valence-corrected chi connectivity index (χ2v) is 15.7. The topological polar surface area (TPSA) is 87.5 Å². The number of rotatable bonds is 8. The number of benzene rings is 2. The van der Waals surface area contributed by atoms with Crippen molar-refractivity contribution in [2.45, 2.75) is 58.4 Å². The number of esters is 1. The molecule has 1 aliphatic carbocycles. The Hall–Kier alpha value is -2.75. The van der Waals surface area contributed by atoms with Crippen LogP contribution in [0.15, 0.2) is 54.7 Å². The van der Waals surface area contributed by atoms with Gasteiger partial charge >= 0.3 is 5.97 Å². The zero-order valence-electron chi connectivity index (χ0n) is 20.7. The molecule has 0 N–H and O–H groups in total. The average molecular weight is 511 g/mol. The van der Waals surface area contributed by atoms with E-state index in [1.807, 2.05) is 24.3 Å². The van der Waals surface area contributed by atoms with E-state index in [1.54, 1.807) is 17.8 Å². The average Bonchev–Trinajstić information content (AvgIpc) is 3.22. The maximum Gasteiger partial charge on any atom is 0.327 e. The minimum Gasteiger partial charge on any atom is -0.755 e. The van der Waals surface area contributed by atoms with Gasteiger partial charge in [-0.1, -0.05) is 61.2 Å². The van der Waals surface area contributed by atoms with Gasteiger partial charge in [0, 0.05) is 28.2 Å². The van der Waals surface area contributed by atoms with Crippen LogP contribution in [-0.4, -0.2) is 39.2 Å². The van der Waals surface area contributed by atoms with Crippen LogP contribution in [0.1, 0.15) is 37.1 Å². The molecule has 0 bridgehead atoms. The molecule has 1 aromatic heterocycles. The molecule has 0 radical (unpaired) electrons. The third kappa shape index (κ3) is 5.57. The number of anilines is 1. The minimum absolute atomic E-state index is 0.0293. The predicted molar refractivity (Wildman–Crippen MR) is 141 cm³/mol. The fraction of sp³-hybridized carbons (Fsp3) is 0.385. The number of carbonyl (C=O) groups excluding carboxylic acids is 1. The lowest BCUT2D eigenvalue weighted by molar-refractivity contribution is -0.144. The molecule has 3 aromatic rings. The lowest BCUT2D eigenvalue weighted by Crippen LogP contribution is -2.37. The summed E-state index contributed by atoms with van der Waals surface area (Å²) in [6.45, 7) is 9.08. The Morgan fingerprint density at radius 2 is 1.94 bits per heavy atom. The summed E-state index contributed by atoms with van der Waals surface area (Å²) in [5.74, 6) is -0.349. The Kier molecular flexibility index (Phi) is 7.58. The van der Waals surface area contributed by atoms with E-state index in [1.165, 1.54) is 9.49 Å². The second-order valence-electron chi connectivity index (χ2n) is 9.84. The van der Waals surface area contributed by atoms with E-state index in [0.717, 1.165) is 35.2 Å². The van der Waals surface area contributed by atoms with Crippen molar-refractivity contribution in [2.75, 3.05) is 10.9 Å². The van der Waals surface area contributed by atoms with E-state index in [9.17, 15) is 13.6 Å². The van der Waals surface area contributed by atoms with Gasteiger partial charge in [-0.3, -0.25) is 18.0 Å². The number of carbonyl (C=O) groups is 1. The number of hydrogen-bond acceptors (Lipinski definition) is 5. The van der Waals surface area contributed by atoms with Gasteiger partial charge in [0.2, 0.25) is 0 Å². The van der Waals surface area contributed by atoms with Gasteiger partial charge in [-0.25, -0.2) is 0 Å². The predicted octanol–water partition coefficient (Wildman–Crippen LogP) is 4.34. The third-order valence-electron chi connectivity index (χ3n) is 6.44. The summed E-state index contributed by atoms with van der Waals surface area (Å²) in [6, 6.07) is 15.9. The quantitative estimate of drug-likeness (QED) is 0.256. The van der Waals surface area contributed by atoms with E-state index < -0.39 is 19.3 Å². The molecule has 0 spiro atoms. The molecule has 0 amide bonds. The minimum atomic E-state index is -2.47. The summed E-state index contributed by atoms with van der Waals surface area (Å²) in [6.07, 6.45) is 3.93. The Morgan fingerprint density at radius 3 is 2.60 bits per heavy atom. The molecular weight excluding hydrogens is 478 g/mol. The molecular formula is C26H32N3O4SSi-. The van der Waals surface area contributed by atoms with Crippen molar-refractivity contribution >= 4 is 36.2 Å². The fourth-order valence-corrected chi connectivity index (χ4v) is 6.55. The molecule has 1 heterocycles. The van der Waals surface area contributed by atoms with Crippen LogP contribution in [0.4, 0.5) is 5.69 Å². The highest BCUT2D eigenvalue weighted by Crippen LogP contribution is 2.38. The summed E-state index contributed by atoms with van der Waals surface area (Å²) in [5.41, 5.74) is 4.53. The van der Waals surface area contributed by atoms with Crippen molar-refractivity contribution in [1.29, 1.82) is 0 Å². The normalized spacial score (nSPS) is 16.4. The Labute approximate surface area is 210 Å². The molecule has 35 heavy (non-hydrogen) atoms. The monoisotopic (exact) mass is 510 g/mol. The molecule has 4 rings (SSSR count). The Bertz CT molecular complexity index is 1220. The molecule has 2 unspecified atom stereocenters. The largest absolute Gasteiger partial charge is 0.755 e. The summed E-state index contributed by atoms with van der Waals surface area (Å²) >= 11 is -2.47. The van der Waals surface area contributed by atoms with Crippen molar-refractivity contribution in [2.24, 2.45) is 0 Å². The molecule has 0 saturated carbocycles. The number of nitrogens with zero attached hydrogens (tertiary/aromatic N) is 3. The Morgan fingerprint density at radius 1 is 1.20 bits per heavy atom. The molecule has 186 valence electrons. The molecule has 7 nitrogen and oxygen atoms in total. The van der Waals surface area contributed by atoms with Gasteiger partial charge in [-0.05, 0) is 49.4 Å². The van der Waals surface area contributed by atoms with Crippen LogP contribution in [-0.2, 0) is 33.8 Å². The van der Waals surface area contributed by atoms with Crippen LogP contribution < -0.4 is 9.49 Å². The highest BCUT2D eigenvalue weighted by molar-refractivity contribution is 7.80. The zero-order valence-corrected chi connectivity index (χ0v) is 22.5. The van der Waals surface area contributed by atoms with Crippen molar-refractivity contribution in [3.8, 4) is 11.1 Å². The van der Waals surface area contributed by atoms with Gasteiger partial charge in [-0.15, -0.1) is 0 Å². The highest BCUT2D eigenvalue weighted by atomic mass is 32.2. The number of ether oxygens (including phenoxy) is 1. The summed E-state index contributed by atoms with van der Waals surface area (Å²) in [4.78, 5) is 12.0. The van der Waals surface area contributed by atoms with E-state index in [0.29, 0.717) is 18.7 Å². The van der Waals surface area contributed by atoms with Gasteiger partial charge in [0.25, 0.3) is 0 Å². The molecule has 9 heteroatoms. The first-order valence-electron chi connectivity index (χ1n) is 12.0. The van der Waals surface area contributed by atoms with Crippen LogP contribution in [0.25, 0.3) is 11.1 Å². The van der Waals surface area contributed by atoms with E-state index >= 15 is 0 Å². The van der Waals surface area contributed by atoms with Crippen LogP contribution in [0.2, 0.25) is 19.6 Å². The number of aromatic nitrogens is 2. The summed E-state index contributed by atoms with van der Waals surface area (Å²) in [5, 5.41) is 5.76. The molecule has 2 aromatic carbocycles. The van der Waals surface area contributed by atoms with Gasteiger partial charge in [0.05, 0.1) is 26.9 Å². The highest BCUT2D eigenvalue weighted by Gasteiger charge is 2.30. The van der Waals surface area contributed by atoms with Crippen LogP contribution in [0.5, 0.6) is 0 Å². The molecule has 2 atom stereocenters. The first-order valence-corrected chi connectivity index (χ1v) is 16.5. The maximum atomic E-state index is 12.4. The zero-order chi connectivity index (χ0) is 25.2. The SMILES string of the molecule is CCOC(=O)Cn1ncc2c1CCCC2N(c1ccc(-c2cccc([Si](C)(C)C)c2)cc1)S(=O)[O-]. The van der Waals surface area contributed by atoms with Crippen molar-refractivity contribution in [3.05, 3.63) is 66.0 Å². The Balaban J connectivity index is 1.62. The van der Waals surface area contributed by atoms with Crippen LogP contribution in [0, 0.1) is 0 Å². The van der Waals surface area contributed by atoms with Crippen molar-refractivity contribution < 1.29 is 18.3 Å². The smallest absolute Gasteiger partial charge is 0.327 e. The molecule has 0 fully saturated rings. The summed E-state index contributed by atoms with van der Waals surface area (Å²) in [7, 11) is -1.44. The van der Waals surface area contributed by atoms with Gasteiger partial charge < -0.3 is 9.29 Å². The van der Waals surface area contributed by atoms with Crippen molar-refractivity contribution in [3.63, 3.8) is 0 Å². The second kappa shape index (κ2) is 10.5. The van der Waals surface area contributed by atoms with Gasteiger partial charge in [0.15, 0.2) is 0 Å². The summed E-state index contributed by atoms with van der Waals surface area (Å²) < 4.78 is 33.0. The van der Waals surface area contributed by atoms with Crippen molar-refractivity contribution in [1.82, 2.24) is 9.78 Å². The first-order chi connectivity index (χ1) is 16.7.